The summed E-state index contributed by atoms with van der Waals surface area (Å²) in [4.78, 5) is 41.7. The van der Waals surface area contributed by atoms with E-state index in [4.69, 9.17) is 22.7 Å². The van der Waals surface area contributed by atoms with Crippen LogP contribution in [0.2, 0.25) is 0 Å². The van der Waals surface area contributed by atoms with E-state index in [1.54, 1.807) is 16.5 Å². The standard InChI is InChI=1S/C19H29N9O3S/c1-6-21-17(29)25-16-23-13-11(22-15(12(20)32)26(13)5)14(24-16)27-7-9-28(10-8-27)18(30)31-19(2,3)4/h6-10H2,1-5H3,(H2,20,32)(H2,21,23,24,25,29). The molecule has 1 saturated heterocycles. The van der Waals surface area contributed by atoms with Crippen LogP contribution in [0.4, 0.5) is 21.4 Å². The van der Waals surface area contributed by atoms with Gasteiger partial charge in [0.25, 0.3) is 0 Å². The minimum Gasteiger partial charge on any atom is -0.444 e. The molecular weight excluding hydrogens is 434 g/mol. The number of carbonyl (C=O) groups excluding carboxylic acids is 2. The molecule has 13 heteroatoms. The second kappa shape index (κ2) is 9.10. The average Bonchev–Trinajstić information content (AvgIpc) is 3.03. The van der Waals surface area contributed by atoms with Gasteiger partial charge in [0, 0.05) is 39.8 Å². The predicted molar refractivity (Wildman–Crippen MR) is 125 cm³/mol. The lowest BCUT2D eigenvalue weighted by Crippen LogP contribution is -2.50. The van der Waals surface area contributed by atoms with E-state index >= 15 is 0 Å². The Morgan fingerprint density at radius 3 is 2.38 bits per heavy atom. The van der Waals surface area contributed by atoms with Crippen LogP contribution in [0.1, 0.15) is 33.5 Å². The van der Waals surface area contributed by atoms with Gasteiger partial charge >= 0.3 is 12.1 Å². The van der Waals surface area contributed by atoms with Gasteiger partial charge in [-0.3, -0.25) is 5.32 Å². The topological polar surface area (TPSA) is 144 Å². The molecule has 2 aromatic rings. The normalized spacial score (nSPS) is 14.4. The number of nitrogens with one attached hydrogen (secondary N) is 2. The number of nitrogens with two attached hydrogens (primary N) is 1. The number of imidazole rings is 1. The number of carbonyl (C=O) groups is 2. The van der Waals surface area contributed by atoms with Crippen LogP contribution in [0.5, 0.6) is 0 Å². The summed E-state index contributed by atoms with van der Waals surface area (Å²) < 4.78 is 7.13. The summed E-state index contributed by atoms with van der Waals surface area (Å²) in [7, 11) is 1.75. The fourth-order valence-corrected chi connectivity index (χ4v) is 3.46. The summed E-state index contributed by atoms with van der Waals surface area (Å²) in [5.41, 5.74) is 6.26. The number of fused-ring (bicyclic) bond motifs is 1. The molecule has 0 bridgehead atoms. The van der Waals surface area contributed by atoms with Crippen molar-refractivity contribution in [3.05, 3.63) is 5.82 Å². The number of aromatic nitrogens is 4. The number of rotatable bonds is 4. The highest BCUT2D eigenvalue weighted by atomic mass is 32.1. The van der Waals surface area contributed by atoms with Crippen molar-refractivity contribution in [3.8, 4) is 0 Å². The average molecular weight is 464 g/mol. The van der Waals surface area contributed by atoms with Gasteiger partial charge in [0.15, 0.2) is 22.8 Å². The van der Waals surface area contributed by atoms with Crippen molar-refractivity contribution in [2.24, 2.45) is 12.8 Å². The van der Waals surface area contributed by atoms with E-state index in [-0.39, 0.29) is 17.0 Å². The van der Waals surface area contributed by atoms with E-state index in [0.29, 0.717) is 55.5 Å². The maximum absolute atomic E-state index is 12.4. The lowest BCUT2D eigenvalue weighted by Gasteiger charge is -2.36. The summed E-state index contributed by atoms with van der Waals surface area (Å²) in [6, 6.07) is -0.413. The van der Waals surface area contributed by atoms with E-state index in [9.17, 15) is 9.59 Å². The molecule has 0 aliphatic carbocycles. The first kappa shape index (κ1) is 23.4. The molecule has 1 fully saturated rings. The monoisotopic (exact) mass is 463 g/mol. The van der Waals surface area contributed by atoms with Crippen LogP contribution in [0.15, 0.2) is 0 Å². The van der Waals surface area contributed by atoms with Gasteiger partial charge in [0.2, 0.25) is 5.95 Å². The van der Waals surface area contributed by atoms with Gasteiger partial charge in [-0.1, -0.05) is 12.2 Å². The second-order valence-corrected chi connectivity index (χ2v) is 8.78. The first-order valence-electron chi connectivity index (χ1n) is 10.3. The number of piperazine rings is 1. The van der Waals surface area contributed by atoms with Crippen molar-refractivity contribution < 1.29 is 14.3 Å². The molecular formula is C19H29N9O3S. The lowest BCUT2D eigenvalue weighted by molar-refractivity contribution is 0.0240. The lowest BCUT2D eigenvalue weighted by atomic mass is 10.2. The SMILES string of the molecule is CCNC(=O)Nc1nc(N2CCN(C(=O)OC(C)(C)C)CC2)c2nc(C(N)=S)n(C)c2n1. The summed E-state index contributed by atoms with van der Waals surface area (Å²) >= 11 is 5.11. The summed E-state index contributed by atoms with van der Waals surface area (Å²) in [5, 5.41) is 5.30. The van der Waals surface area contributed by atoms with Crippen LogP contribution in [0.3, 0.4) is 0 Å². The number of urea groups is 1. The predicted octanol–water partition coefficient (Wildman–Crippen LogP) is 1.20. The number of anilines is 2. The Hall–Kier alpha value is -3.22. The molecule has 0 aromatic carbocycles. The van der Waals surface area contributed by atoms with Gasteiger partial charge < -0.3 is 30.2 Å². The molecule has 12 nitrogen and oxygen atoms in total. The summed E-state index contributed by atoms with van der Waals surface area (Å²) in [6.07, 6.45) is -0.350. The third-order valence-corrected chi connectivity index (χ3v) is 4.90. The maximum Gasteiger partial charge on any atom is 0.410 e. The second-order valence-electron chi connectivity index (χ2n) is 8.34. The molecule has 3 heterocycles. The van der Waals surface area contributed by atoms with Crippen molar-refractivity contribution in [1.82, 2.24) is 29.7 Å². The molecule has 174 valence electrons. The van der Waals surface area contributed by atoms with E-state index < -0.39 is 11.6 Å². The third-order valence-electron chi connectivity index (χ3n) is 4.71. The molecule has 0 spiro atoms. The highest BCUT2D eigenvalue weighted by Crippen LogP contribution is 2.27. The smallest absolute Gasteiger partial charge is 0.410 e. The Labute approximate surface area is 191 Å². The number of hydrogen-bond acceptors (Lipinski definition) is 8. The minimum atomic E-state index is -0.558. The van der Waals surface area contributed by atoms with Crippen LogP contribution < -0.4 is 21.3 Å². The molecule has 1 aliphatic rings. The number of hydrogen-bond donors (Lipinski definition) is 3. The molecule has 0 saturated carbocycles. The molecule has 0 radical (unpaired) electrons. The van der Waals surface area contributed by atoms with Gasteiger partial charge in [-0.25, -0.2) is 14.6 Å². The van der Waals surface area contributed by atoms with Crippen LogP contribution in [-0.2, 0) is 11.8 Å². The quantitative estimate of drug-likeness (QED) is 0.570. The van der Waals surface area contributed by atoms with Crippen molar-refractivity contribution in [3.63, 3.8) is 0 Å². The van der Waals surface area contributed by atoms with Crippen LogP contribution in [0, 0.1) is 0 Å². The zero-order valence-corrected chi connectivity index (χ0v) is 19.7. The van der Waals surface area contributed by atoms with Crippen molar-refractivity contribution in [2.75, 3.05) is 42.9 Å². The molecule has 3 amide bonds. The highest BCUT2D eigenvalue weighted by Gasteiger charge is 2.29. The minimum absolute atomic E-state index is 0.129. The van der Waals surface area contributed by atoms with Gasteiger partial charge in [0.1, 0.15) is 10.6 Å². The van der Waals surface area contributed by atoms with Crippen molar-refractivity contribution in [1.29, 1.82) is 0 Å². The Balaban J connectivity index is 1.91. The largest absolute Gasteiger partial charge is 0.444 e. The summed E-state index contributed by atoms with van der Waals surface area (Å²) in [6.45, 7) is 9.70. The molecule has 0 atom stereocenters. The Bertz CT molecular complexity index is 1040. The first-order valence-corrected chi connectivity index (χ1v) is 10.7. The van der Waals surface area contributed by atoms with E-state index in [0.717, 1.165) is 0 Å². The fraction of sp³-hybridized carbons (Fsp3) is 0.579. The van der Waals surface area contributed by atoms with Crippen LogP contribution in [-0.4, -0.2) is 79.9 Å². The number of thiocarbonyl (C=S) groups is 1. The highest BCUT2D eigenvalue weighted by molar-refractivity contribution is 7.80. The third kappa shape index (κ3) is 5.15. The van der Waals surface area contributed by atoms with Gasteiger partial charge in [0.05, 0.1) is 0 Å². The molecule has 0 unspecified atom stereocenters. The van der Waals surface area contributed by atoms with E-state index in [1.807, 2.05) is 32.6 Å². The van der Waals surface area contributed by atoms with Gasteiger partial charge in [-0.05, 0) is 27.7 Å². The molecule has 1 aliphatic heterocycles. The van der Waals surface area contributed by atoms with Gasteiger partial charge in [-0.15, -0.1) is 0 Å². The Morgan fingerprint density at radius 1 is 1.16 bits per heavy atom. The number of amides is 3. The fourth-order valence-electron chi connectivity index (χ4n) is 3.28. The van der Waals surface area contributed by atoms with Crippen LogP contribution in [0.25, 0.3) is 11.2 Å². The molecule has 32 heavy (non-hydrogen) atoms. The van der Waals surface area contributed by atoms with Crippen molar-refractivity contribution in [2.45, 2.75) is 33.3 Å². The molecule has 4 N–H and O–H groups in total. The van der Waals surface area contributed by atoms with Crippen molar-refractivity contribution >= 4 is 52.3 Å². The number of nitrogens with zero attached hydrogens (tertiary/aromatic N) is 6. The van der Waals surface area contributed by atoms with Crippen LogP contribution >= 0.6 is 12.2 Å². The molecule has 2 aromatic heterocycles. The summed E-state index contributed by atoms with van der Waals surface area (Å²) in [5.74, 6) is 1.06. The molecule has 3 rings (SSSR count). The van der Waals surface area contributed by atoms with E-state index in [1.165, 1.54) is 0 Å². The zero-order valence-electron chi connectivity index (χ0n) is 18.9. The zero-order chi connectivity index (χ0) is 23.6. The number of aryl methyl sites for hydroxylation is 1. The maximum atomic E-state index is 12.4. The van der Waals surface area contributed by atoms with E-state index in [2.05, 4.69) is 25.6 Å². The first-order chi connectivity index (χ1) is 15.0. The number of ether oxygens (including phenoxy) is 1. The van der Waals surface area contributed by atoms with Gasteiger partial charge in [-0.2, -0.15) is 9.97 Å². The Kier molecular flexibility index (Phi) is 6.67. The Morgan fingerprint density at radius 2 is 1.81 bits per heavy atom.